The summed E-state index contributed by atoms with van der Waals surface area (Å²) in [6, 6.07) is 17.6. The van der Waals surface area contributed by atoms with Crippen molar-refractivity contribution in [3.05, 3.63) is 65.3 Å². The van der Waals surface area contributed by atoms with Gasteiger partial charge in [-0.3, -0.25) is 4.98 Å². The van der Waals surface area contributed by atoms with Crippen molar-refractivity contribution in [1.29, 1.82) is 0 Å². The summed E-state index contributed by atoms with van der Waals surface area (Å²) in [7, 11) is 0. The first kappa shape index (κ1) is 11.2. The van der Waals surface area contributed by atoms with Gasteiger partial charge in [-0.2, -0.15) is 0 Å². The van der Waals surface area contributed by atoms with Gasteiger partial charge in [-0.1, -0.05) is 34.1 Å². The van der Waals surface area contributed by atoms with Crippen LogP contribution in [-0.4, -0.2) is 4.98 Å². The summed E-state index contributed by atoms with van der Waals surface area (Å²) in [4.78, 5) is 4.33. The van der Waals surface area contributed by atoms with Gasteiger partial charge in [0.2, 0.25) is 0 Å². The van der Waals surface area contributed by atoms with Crippen LogP contribution in [0.25, 0.3) is 10.9 Å². The van der Waals surface area contributed by atoms with Crippen LogP contribution in [0, 0.1) is 0 Å². The van der Waals surface area contributed by atoms with Crippen molar-refractivity contribution < 1.29 is 4.74 Å². The normalized spacial score (nSPS) is 10.5. The van der Waals surface area contributed by atoms with Gasteiger partial charge >= 0.3 is 0 Å². The van der Waals surface area contributed by atoms with E-state index in [1.807, 2.05) is 54.6 Å². The molecule has 0 amide bonds. The molecule has 0 fully saturated rings. The van der Waals surface area contributed by atoms with Crippen LogP contribution in [0.5, 0.6) is 11.5 Å². The van der Waals surface area contributed by atoms with Gasteiger partial charge in [-0.05, 0) is 36.4 Å². The number of benzene rings is 2. The molecule has 0 aliphatic carbocycles. The van der Waals surface area contributed by atoms with E-state index in [1.54, 1.807) is 6.20 Å². The molecule has 0 spiro atoms. The molecule has 0 aliphatic rings. The average Bonchev–Trinajstić information content (AvgIpc) is 2.40. The second-order valence-corrected chi connectivity index (χ2v) is 4.80. The molecule has 1 aromatic heterocycles. The maximum absolute atomic E-state index is 5.88. The van der Waals surface area contributed by atoms with E-state index in [9.17, 15) is 0 Å². The lowest BCUT2D eigenvalue weighted by Crippen LogP contribution is -1.87. The first-order valence-corrected chi connectivity index (χ1v) is 6.39. The summed E-state index contributed by atoms with van der Waals surface area (Å²) >= 11 is 3.44. The average molecular weight is 300 g/mol. The molecule has 18 heavy (non-hydrogen) atoms. The Morgan fingerprint density at radius 3 is 2.61 bits per heavy atom. The number of hydrogen-bond donors (Lipinski definition) is 0. The third kappa shape index (κ3) is 2.22. The highest BCUT2D eigenvalue weighted by Gasteiger charge is 2.04. The Morgan fingerprint density at radius 1 is 0.944 bits per heavy atom. The predicted octanol–water partition coefficient (Wildman–Crippen LogP) is 4.79. The number of para-hydroxylation sites is 1. The van der Waals surface area contributed by atoms with E-state index in [4.69, 9.17) is 4.74 Å². The molecule has 0 unspecified atom stereocenters. The van der Waals surface area contributed by atoms with Crippen LogP contribution in [0.2, 0.25) is 0 Å². The third-order valence-electron chi connectivity index (χ3n) is 2.64. The van der Waals surface area contributed by atoms with Crippen LogP contribution >= 0.6 is 15.9 Å². The zero-order valence-electron chi connectivity index (χ0n) is 9.51. The van der Waals surface area contributed by atoms with Crippen molar-refractivity contribution in [3.63, 3.8) is 0 Å². The van der Waals surface area contributed by atoms with Crippen molar-refractivity contribution in [1.82, 2.24) is 4.98 Å². The fourth-order valence-electron chi connectivity index (χ4n) is 1.80. The molecule has 3 aromatic rings. The van der Waals surface area contributed by atoms with Crippen LogP contribution in [0.4, 0.5) is 0 Å². The lowest BCUT2D eigenvalue weighted by molar-refractivity contribution is 0.488. The quantitative estimate of drug-likeness (QED) is 0.679. The summed E-state index contributed by atoms with van der Waals surface area (Å²) in [5.74, 6) is 1.65. The minimum absolute atomic E-state index is 0.818. The van der Waals surface area contributed by atoms with E-state index in [0.717, 1.165) is 26.9 Å². The standard InChI is InChI=1S/C15H10BrNO/c16-11-6-7-13-14(10-11)17-9-8-15(13)18-12-4-2-1-3-5-12/h1-10H. The molecule has 88 valence electrons. The molecule has 0 atom stereocenters. The van der Waals surface area contributed by atoms with Crippen molar-refractivity contribution in [2.45, 2.75) is 0 Å². The second kappa shape index (κ2) is 4.78. The van der Waals surface area contributed by atoms with Gasteiger partial charge in [0.05, 0.1) is 5.52 Å². The molecule has 0 radical (unpaired) electrons. The van der Waals surface area contributed by atoms with Gasteiger partial charge in [0, 0.05) is 16.1 Å². The molecule has 0 bridgehead atoms. The summed E-state index contributed by atoms with van der Waals surface area (Å²) in [5.41, 5.74) is 0.915. The topological polar surface area (TPSA) is 22.1 Å². The summed E-state index contributed by atoms with van der Waals surface area (Å²) < 4.78 is 6.89. The highest BCUT2D eigenvalue weighted by atomic mass is 79.9. The van der Waals surface area contributed by atoms with Crippen LogP contribution in [0.15, 0.2) is 65.3 Å². The smallest absolute Gasteiger partial charge is 0.138 e. The van der Waals surface area contributed by atoms with E-state index in [-0.39, 0.29) is 0 Å². The molecular formula is C15H10BrNO. The maximum Gasteiger partial charge on any atom is 0.138 e. The molecule has 2 nitrogen and oxygen atoms in total. The Labute approximate surface area is 113 Å². The molecule has 0 saturated carbocycles. The lowest BCUT2D eigenvalue weighted by Gasteiger charge is -2.08. The number of nitrogens with zero attached hydrogens (tertiary/aromatic N) is 1. The summed E-state index contributed by atoms with van der Waals surface area (Å²) in [6.07, 6.45) is 1.76. The Balaban J connectivity index is 2.07. The molecule has 2 aromatic carbocycles. The van der Waals surface area contributed by atoms with E-state index in [1.165, 1.54) is 0 Å². The van der Waals surface area contributed by atoms with Crippen LogP contribution in [0.1, 0.15) is 0 Å². The molecule has 0 saturated heterocycles. The monoisotopic (exact) mass is 299 g/mol. The maximum atomic E-state index is 5.88. The van der Waals surface area contributed by atoms with E-state index in [2.05, 4.69) is 20.9 Å². The number of pyridine rings is 1. The third-order valence-corrected chi connectivity index (χ3v) is 3.13. The Morgan fingerprint density at radius 2 is 1.78 bits per heavy atom. The van der Waals surface area contributed by atoms with E-state index >= 15 is 0 Å². The van der Waals surface area contributed by atoms with Crippen molar-refractivity contribution in [2.24, 2.45) is 0 Å². The number of rotatable bonds is 2. The number of hydrogen-bond acceptors (Lipinski definition) is 2. The Kier molecular flexibility index (Phi) is 2.99. The molecule has 0 aliphatic heterocycles. The highest BCUT2D eigenvalue weighted by molar-refractivity contribution is 9.10. The van der Waals surface area contributed by atoms with E-state index < -0.39 is 0 Å². The van der Waals surface area contributed by atoms with Gasteiger partial charge in [0.15, 0.2) is 0 Å². The number of ether oxygens (including phenoxy) is 1. The minimum atomic E-state index is 0.818. The van der Waals surface area contributed by atoms with Crippen molar-refractivity contribution in [2.75, 3.05) is 0 Å². The molecule has 3 heteroatoms. The molecule has 1 heterocycles. The number of fused-ring (bicyclic) bond motifs is 1. The minimum Gasteiger partial charge on any atom is -0.457 e. The Bertz CT molecular complexity index is 682. The first-order chi connectivity index (χ1) is 8.83. The van der Waals surface area contributed by atoms with Crippen LogP contribution in [-0.2, 0) is 0 Å². The Hall–Kier alpha value is -1.87. The molecular weight excluding hydrogens is 290 g/mol. The fourth-order valence-corrected chi connectivity index (χ4v) is 2.15. The fraction of sp³-hybridized carbons (Fsp3) is 0. The van der Waals surface area contributed by atoms with Crippen molar-refractivity contribution >= 4 is 26.8 Å². The second-order valence-electron chi connectivity index (χ2n) is 3.89. The van der Waals surface area contributed by atoms with Gasteiger partial charge in [-0.15, -0.1) is 0 Å². The largest absolute Gasteiger partial charge is 0.457 e. The van der Waals surface area contributed by atoms with Crippen molar-refractivity contribution in [3.8, 4) is 11.5 Å². The predicted molar refractivity (Wildman–Crippen MR) is 76.0 cm³/mol. The SMILES string of the molecule is Brc1ccc2c(Oc3ccccc3)ccnc2c1. The summed E-state index contributed by atoms with van der Waals surface area (Å²) in [6.45, 7) is 0. The van der Waals surface area contributed by atoms with Gasteiger partial charge < -0.3 is 4.74 Å². The van der Waals surface area contributed by atoms with Gasteiger partial charge in [0.25, 0.3) is 0 Å². The first-order valence-electron chi connectivity index (χ1n) is 5.60. The zero-order chi connectivity index (χ0) is 12.4. The lowest BCUT2D eigenvalue weighted by atomic mass is 10.2. The highest BCUT2D eigenvalue weighted by Crippen LogP contribution is 2.29. The van der Waals surface area contributed by atoms with Gasteiger partial charge in [-0.25, -0.2) is 0 Å². The van der Waals surface area contributed by atoms with Crippen LogP contribution < -0.4 is 4.74 Å². The molecule has 0 N–H and O–H groups in total. The molecule has 3 rings (SSSR count). The number of halogens is 1. The van der Waals surface area contributed by atoms with E-state index in [0.29, 0.717) is 0 Å². The number of aromatic nitrogens is 1. The summed E-state index contributed by atoms with van der Waals surface area (Å²) in [5, 5.41) is 1.00. The van der Waals surface area contributed by atoms with Gasteiger partial charge in [0.1, 0.15) is 11.5 Å². The van der Waals surface area contributed by atoms with Crippen LogP contribution in [0.3, 0.4) is 0 Å². The zero-order valence-corrected chi connectivity index (χ0v) is 11.1.